The number of ether oxygens (including phenoxy) is 2. The van der Waals surface area contributed by atoms with Gasteiger partial charge in [-0.15, -0.1) is 12.4 Å². The monoisotopic (exact) mass is 524 g/mol. The Hall–Kier alpha value is -2.55. The standard InChI is InChI=1S/C25H33N4O4.2ClH/c1-17-28(13-14-29(17)16-32-24(31)33-25(2,3)11-12-26)15-18-9-10-21-22(23(18)30)19-7-5-6-8-20(19)27(21)4;;/h5-8,13-14,18H,9-12,15-16,26H2,1-4H3;2*1H/q+1;;/p-1. The van der Waals surface area contributed by atoms with E-state index in [2.05, 4.69) is 10.6 Å². The number of benzene rings is 1. The summed E-state index contributed by atoms with van der Waals surface area (Å²) in [5, 5.41) is 1.04. The second kappa shape index (κ2) is 11.5. The zero-order valence-electron chi connectivity index (χ0n) is 20.6. The van der Waals surface area contributed by atoms with E-state index in [1.165, 1.54) is 0 Å². The number of nitrogens with two attached hydrogens (primary N) is 1. The third kappa shape index (κ3) is 5.82. The molecule has 0 fully saturated rings. The number of hydrogen-bond donors (Lipinski definition) is 1. The first-order valence-electron chi connectivity index (χ1n) is 11.4. The molecule has 0 aliphatic heterocycles. The number of para-hydroxylation sites is 1. The molecule has 1 atom stereocenters. The van der Waals surface area contributed by atoms with E-state index < -0.39 is 11.8 Å². The number of nitrogens with zero attached hydrogens (tertiary/aromatic N) is 3. The summed E-state index contributed by atoms with van der Waals surface area (Å²) >= 11 is 0. The molecule has 0 bridgehead atoms. The van der Waals surface area contributed by atoms with Crippen molar-refractivity contribution in [3.63, 3.8) is 0 Å². The highest BCUT2D eigenvalue weighted by molar-refractivity contribution is 6.11. The highest BCUT2D eigenvalue weighted by Gasteiger charge is 2.34. The predicted molar refractivity (Wildman–Crippen MR) is 131 cm³/mol. The minimum Gasteiger partial charge on any atom is -1.00 e. The summed E-state index contributed by atoms with van der Waals surface area (Å²) in [6, 6.07) is 8.10. The Morgan fingerprint density at radius 2 is 2.00 bits per heavy atom. The van der Waals surface area contributed by atoms with Crippen LogP contribution >= 0.6 is 12.4 Å². The largest absolute Gasteiger partial charge is 1.00 e. The minimum atomic E-state index is -0.723. The summed E-state index contributed by atoms with van der Waals surface area (Å²) < 4.78 is 16.7. The van der Waals surface area contributed by atoms with Gasteiger partial charge in [0.1, 0.15) is 24.5 Å². The predicted octanol–water partition coefficient (Wildman–Crippen LogP) is 0.685. The number of rotatable bonds is 7. The Morgan fingerprint density at radius 3 is 2.71 bits per heavy atom. The first-order valence-corrected chi connectivity index (χ1v) is 11.4. The highest BCUT2D eigenvalue weighted by Crippen LogP contribution is 2.34. The Kier molecular flexibility index (Phi) is 9.39. The van der Waals surface area contributed by atoms with Gasteiger partial charge in [0.25, 0.3) is 5.82 Å². The maximum absolute atomic E-state index is 13.4. The quantitative estimate of drug-likeness (QED) is 0.362. The van der Waals surface area contributed by atoms with Crippen molar-refractivity contribution in [2.24, 2.45) is 18.7 Å². The van der Waals surface area contributed by atoms with Crippen molar-refractivity contribution in [2.45, 2.75) is 58.9 Å². The molecule has 192 valence electrons. The number of imidazole rings is 1. The summed E-state index contributed by atoms with van der Waals surface area (Å²) in [4.78, 5) is 25.5. The smallest absolute Gasteiger partial charge is 0.512 e. The van der Waals surface area contributed by atoms with Gasteiger partial charge in [-0.3, -0.25) is 4.79 Å². The number of aryl methyl sites for hydroxylation is 1. The van der Waals surface area contributed by atoms with Crippen molar-refractivity contribution in [1.82, 2.24) is 9.13 Å². The Labute approximate surface area is 218 Å². The lowest BCUT2D eigenvalue weighted by Crippen LogP contribution is -3.00. The number of fused-ring (bicyclic) bond motifs is 3. The summed E-state index contributed by atoms with van der Waals surface area (Å²) in [5.41, 5.74) is 7.98. The Balaban J connectivity index is 0.00000216. The number of ketones is 1. The average molecular weight is 525 g/mol. The Morgan fingerprint density at radius 1 is 1.29 bits per heavy atom. The highest BCUT2D eigenvalue weighted by atomic mass is 35.5. The fourth-order valence-electron chi connectivity index (χ4n) is 4.72. The van der Waals surface area contributed by atoms with Crippen LogP contribution in [0, 0.1) is 12.8 Å². The van der Waals surface area contributed by atoms with Gasteiger partial charge in [-0.2, -0.15) is 4.57 Å². The van der Waals surface area contributed by atoms with Crippen LogP contribution in [-0.4, -0.2) is 33.2 Å². The number of Topliss-reactive ketones (excluding diaryl/α,β-unsaturated/α-hetero) is 1. The molecule has 0 amide bonds. The molecular weight excluding hydrogens is 491 g/mol. The van der Waals surface area contributed by atoms with Gasteiger partial charge >= 0.3 is 6.16 Å². The number of carbonyl (C=O) groups excluding carboxylic acids is 2. The van der Waals surface area contributed by atoms with Crippen LogP contribution in [0.3, 0.4) is 0 Å². The van der Waals surface area contributed by atoms with E-state index in [1.54, 1.807) is 13.8 Å². The topological polar surface area (TPSA) is 92.4 Å². The average Bonchev–Trinajstić information content (AvgIpc) is 3.26. The van der Waals surface area contributed by atoms with E-state index in [9.17, 15) is 9.59 Å². The summed E-state index contributed by atoms with van der Waals surface area (Å²) in [5.74, 6) is 1.01. The fourth-order valence-corrected chi connectivity index (χ4v) is 4.72. The van der Waals surface area contributed by atoms with Crippen LogP contribution in [0.5, 0.6) is 0 Å². The summed E-state index contributed by atoms with van der Waals surface area (Å²) in [7, 11) is 2.04. The normalized spacial score (nSPS) is 15.2. The van der Waals surface area contributed by atoms with Crippen molar-refractivity contribution in [1.29, 1.82) is 0 Å². The molecule has 2 N–H and O–H groups in total. The molecule has 1 unspecified atom stereocenters. The summed E-state index contributed by atoms with van der Waals surface area (Å²) in [6.07, 6.45) is 5.30. The zero-order valence-corrected chi connectivity index (χ0v) is 22.2. The fraction of sp³-hybridized carbons (Fsp3) is 0.480. The van der Waals surface area contributed by atoms with Crippen LogP contribution in [-0.2, 0) is 36.2 Å². The van der Waals surface area contributed by atoms with Crippen LogP contribution in [0.4, 0.5) is 4.79 Å². The molecule has 35 heavy (non-hydrogen) atoms. The molecule has 8 nitrogen and oxygen atoms in total. The van der Waals surface area contributed by atoms with E-state index in [4.69, 9.17) is 15.2 Å². The molecule has 2 heterocycles. The van der Waals surface area contributed by atoms with E-state index in [1.807, 2.05) is 53.7 Å². The second-order valence-electron chi connectivity index (χ2n) is 9.39. The van der Waals surface area contributed by atoms with Gasteiger partial charge in [-0.25, -0.2) is 9.36 Å². The SMILES string of the molecule is Cc1n(CC2CCc3c(c4ccccc4n3C)C2=O)cc[n+]1COC(=O)OC(C)(C)CCN.Cl.[Cl-]. The third-order valence-electron chi connectivity index (χ3n) is 6.68. The van der Waals surface area contributed by atoms with E-state index in [0.717, 1.165) is 40.8 Å². The lowest BCUT2D eigenvalue weighted by Gasteiger charge is -2.23. The molecular formula is C25H34Cl2N4O4. The number of carbonyl (C=O) groups is 2. The maximum Gasteiger partial charge on any atom is 0.512 e. The van der Waals surface area contributed by atoms with Crippen molar-refractivity contribution in [2.75, 3.05) is 6.54 Å². The van der Waals surface area contributed by atoms with E-state index in [-0.39, 0.29) is 43.2 Å². The van der Waals surface area contributed by atoms with Crippen LogP contribution in [0.15, 0.2) is 36.7 Å². The number of halogens is 2. The molecule has 3 aromatic rings. The third-order valence-corrected chi connectivity index (χ3v) is 6.68. The molecule has 1 aliphatic carbocycles. The van der Waals surface area contributed by atoms with Gasteiger partial charge in [-0.05, 0) is 45.7 Å². The van der Waals surface area contributed by atoms with Crippen molar-refractivity contribution in [3.05, 3.63) is 53.7 Å². The van der Waals surface area contributed by atoms with Gasteiger partial charge in [-0.1, -0.05) is 18.2 Å². The lowest BCUT2D eigenvalue weighted by atomic mass is 9.85. The molecule has 0 spiro atoms. The van der Waals surface area contributed by atoms with Gasteiger partial charge in [0.15, 0.2) is 5.78 Å². The zero-order chi connectivity index (χ0) is 23.8. The van der Waals surface area contributed by atoms with Crippen molar-refractivity contribution in [3.8, 4) is 0 Å². The van der Waals surface area contributed by atoms with Gasteiger partial charge in [0.05, 0.1) is 5.92 Å². The molecule has 4 rings (SSSR count). The number of aromatic nitrogens is 3. The second-order valence-corrected chi connectivity index (χ2v) is 9.39. The molecule has 0 saturated carbocycles. The first kappa shape index (κ1) is 28.7. The van der Waals surface area contributed by atoms with Gasteiger partial charge < -0.3 is 32.2 Å². The van der Waals surface area contributed by atoms with Crippen LogP contribution in [0.2, 0.25) is 0 Å². The minimum absolute atomic E-state index is 0. The van der Waals surface area contributed by atoms with Crippen LogP contribution in [0.25, 0.3) is 10.9 Å². The maximum atomic E-state index is 13.4. The van der Waals surface area contributed by atoms with E-state index in [0.29, 0.717) is 19.5 Å². The van der Waals surface area contributed by atoms with Gasteiger partial charge in [0, 0.05) is 36.1 Å². The van der Waals surface area contributed by atoms with Crippen molar-refractivity contribution < 1.29 is 36.0 Å². The molecule has 2 aromatic heterocycles. The lowest BCUT2D eigenvalue weighted by molar-refractivity contribution is -0.732. The number of hydrogen-bond acceptors (Lipinski definition) is 5. The molecule has 10 heteroatoms. The van der Waals surface area contributed by atoms with Crippen molar-refractivity contribution >= 4 is 35.2 Å². The molecule has 1 aliphatic rings. The summed E-state index contributed by atoms with van der Waals surface area (Å²) in [6.45, 7) is 6.62. The molecule has 0 radical (unpaired) electrons. The first-order chi connectivity index (χ1) is 15.7. The van der Waals surface area contributed by atoms with E-state index >= 15 is 0 Å². The Bertz CT molecular complexity index is 1200. The molecule has 1 aromatic carbocycles. The van der Waals surface area contributed by atoms with Crippen LogP contribution in [0.1, 0.15) is 48.6 Å². The van der Waals surface area contributed by atoms with Crippen LogP contribution < -0.4 is 22.7 Å². The van der Waals surface area contributed by atoms with Gasteiger partial charge in [0.2, 0.25) is 6.73 Å². The molecule has 0 saturated heterocycles.